The Labute approximate surface area is 183 Å². The highest BCUT2D eigenvalue weighted by Crippen LogP contribution is 2.27. The fourth-order valence-electron chi connectivity index (χ4n) is 4.02. The molecule has 7 nitrogen and oxygen atoms in total. The molecule has 0 amide bonds. The van der Waals surface area contributed by atoms with Crippen LogP contribution in [0.4, 0.5) is 0 Å². The first kappa shape index (κ1) is 21.2. The molecular formula is C24H32N6O. The quantitative estimate of drug-likeness (QED) is 0.330. The molecular weight excluding hydrogens is 388 g/mol. The van der Waals surface area contributed by atoms with Crippen molar-refractivity contribution >= 4 is 11.6 Å². The van der Waals surface area contributed by atoms with Crippen molar-refractivity contribution in [1.82, 2.24) is 25.2 Å². The number of hydrogen-bond acceptors (Lipinski definition) is 4. The molecule has 1 aromatic carbocycles. The Hall–Kier alpha value is -3.09. The molecule has 2 N–H and O–H groups in total. The van der Waals surface area contributed by atoms with Gasteiger partial charge in [-0.3, -0.25) is 9.39 Å². The Morgan fingerprint density at radius 3 is 2.87 bits per heavy atom. The van der Waals surface area contributed by atoms with E-state index in [1.54, 1.807) is 7.05 Å². The van der Waals surface area contributed by atoms with Gasteiger partial charge in [-0.1, -0.05) is 18.2 Å². The second-order valence-electron chi connectivity index (χ2n) is 8.14. The Bertz CT molecular complexity index is 1020. The third-order valence-corrected chi connectivity index (χ3v) is 5.74. The fraction of sp³-hybridized carbons (Fsp3) is 0.458. The zero-order valence-corrected chi connectivity index (χ0v) is 18.5. The highest BCUT2D eigenvalue weighted by Gasteiger charge is 2.18. The van der Waals surface area contributed by atoms with E-state index >= 15 is 0 Å². The summed E-state index contributed by atoms with van der Waals surface area (Å²) in [6.45, 7) is 3.59. The van der Waals surface area contributed by atoms with Crippen LogP contribution in [0.25, 0.3) is 5.65 Å². The predicted octanol–water partition coefficient (Wildman–Crippen LogP) is 3.66. The number of fused-ring (bicyclic) bond motifs is 1. The van der Waals surface area contributed by atoms with E-state index in [4.69, 9.17) is 4.74 Å². The molecule has 1 saturated carbocycles. The molecule has 0 spiro atoms. The number of ether oxygens (including phenoxy) is 1. The first-order chi connectivity index (χ1) is 15.2. The van der Waals surface area contributed by atoms with E-state index in [2.05, 4.69) is 50.9 Å². The van der Waals surface area contributed by atoms with Crippen LogP contribution < -0.4 is 15.4 Å². The zero-order chi connectivity index (χ0) is 21.5. The monoisotopic (exact) mass is 420 g/mol. The number of aryl methyl sites for hydroxylation is 2. The molecule has 0 atom stereocenters. The van der Waals surface area contributed by atoms with Gasteiger partial charge in [0, 0.05) is 38.3 Å². The van der Waals surface area contributed by atoms with Crippen LogP contribution in [0, 0.1) is 6.92 Å². The van der Waals surface area contributed by atoms with Crippen molar-refractivity contribution in [3.8, 4) is 5.75 Å². The standard InChI is InChI=1S/C24H32N6O/c1-18-12-13-19(21(16-18)31-20-8-3-4-9-20)17-27-24(25-2)26-14-7-11-23-29-28-22-10-5-6-15-30(22)23/h5-6,10,12-13,15-16,20H,3-4,7-9,11,14,17H2,1-2H3,(H2,25,26,27). The average Bonchev–Trinajstić information content (AvgIpc) is 3.44. The van der Waals surface area contributed by atoms with E-state index in [0.717, 1.165) is 61.0 Å². The molecule has 0 radical (unpaired) electrons. The Balaban J connectivity index is 1.27. The SMILES string of the molecule is CN=C(NCCCc1nnc2ccccn12)NCc1ccc(C)cc1OC1CCCC1. The normalized spacial score (nSPS) is 14.8. The Morgan fingerprint density at radius 1 is 1.16 bits per heavy atom. The number of nitrogens with zero attached hydrogens (tertiary/aromatic N) is 4. The van der Waals surface area contributed by atoms with Crippen molar-refractivity contribution in [3.63, 3.8) is 0 Å². The number of aromatic nitrogens is 3. The first-order valence-electron chi connectivity index (χ1n) is 11.2. The van der Waals surface area contributed by atoms with E-state index in [-0.39, 0.29) is 0 Å². The summed E-state index contributed by atoms with van der Waals surface area (Å²) >= 11 is 0. The lowest BCUT2D eigenvalue weighted by Crippen LogP contribution is -2.37. The second kappa shape index (κ2) is 10.3. The van der Waals surface area contributed by atoms with Crippen LogP contribution in [0.1, 0.15) is 49.1 Å². The van der Waals surface area contributed by atoms with E-state index in [0.29, 0.717) is 12.6 Å². The molecule has 4 rings (SSSR count). The van der Waals surface area contributed by atoms with Crippen LogP contribution in [0.2, 0.25) is 0 Å². The Kier molecular flexibility index (Phi) is 7.02. The molecule has 2 aromatic heterocycles. The molecule has 0 aliphatic heterocycles. The number of hydrogen-bond donors (Lipinski definition) is 2. The van der Waals surface area contributed by atoms with Gasteiger partial charge >= 0.3 is 0 Å². The summed E-state index contributed by atoms with van der Waals surface area (Å²) in [5.41, 5.74) is 3.27. The molecule has 3 aromatic rings. The molecule has 1 aliphatic rings. The van der Waals surface area contributed by atoms with Crippen LogP contribution in [-0.2, 0) is 13.0 Å². The summed E-state index contributed by atoms with van der Waals surface area (Å²) in [4.78, 5) is 4.36. The highest BCUT2D eigenvalue weighted by molar-refractivity contribution is 5.79. The van der Waals surface area contributed by atoms with Gasteiger partial charge < -0.3 is 15.4 Å². The molecule has 0 bridgehead atoms. The largest absolute Gasteiger partial charge is 0.490 e. The van der Waals surface area contributed by atoms with E-state index < -0.39 is 0 Å². The molecule has 164 valence electrons. The number of guanidine groups is 1. The van der Waals surface area contributed by atoms with Gasteiger partial charge in [0.1, 0.15) is 11.6 Å². The first-order valence-corrected chi connectivity index (χ1v) is 11.2. The second-order valence-corrected chi connectivity index (χ2v) is 8.14. The lowest BCUT2D eigenvalue weighted by atomic mass is 10.1. The van der Waals surface area contributed by atoms with Gasteiger partial charge in [0.25, 0.3) is 0 Å². The minimum absolute atomic E-state index is 0.353. The zero-order valence-electron chi connectivity index (χ0n) is 18.5. The maximum Gasteiger partial charge on any atom is 0.191 e. The summed E-state index contributed by atoms with van der Waals surface area (Å²) < 4.78 is 8.35. The van der Waals surface area contributed by atoms with Crippen molar-refractivity contribution in [1.29, 1.82) is 0 Å². The number of rotatable bonds is 8. The molecule has 0 saturated heterocycles. The number of benzene rings is 1. The maximum atomic E-state index is 6.31. The molecule has 31 heavy (non-hydrogen) atoms. The van der Waals surface area contributed by atoms with Crippen molar-refractivity contribution in [2.24, 2.45) is 4.99 Å². The predicted molar refractivity (Wildman–Crippen MR) is 124 cm³/mol. The van der Waals surface area contributed by atoms with Crippen molar-refractivity contribution < 1.29 is 4.74 Å². The molecule has 0 unspecified atom stereocenters. The summed E-state index contributed by atoms with van der Waals surface area (Å²) in [6.07, 6.45) is 9.01. The lowest BCUT2D eigenvalue weighted by molar-refractivity contribution is 0.207. The molecule has 2 heterocycles. The molecule has 7 heteroatoms. The molecule has 1 fully saturated rings. The van der Waals surface area contributed by atoms with Crippen LogP contribution >= 0.6 is 0 Å². The summed E-state index contributed by atoms with van der Waals surface area (Å²) in [5.74, 6) is 2.76. The summed E-state index contributed by atoms with van der Waals surface area (Å²) in [5, 5.41) is 15.3. The number of aliphatic imine (C=N–C) groups is 1. The van der Waals surface area contributed by atoms with Crippen LogP contribution in [0.3, 0.4) is 0 Å². The van der Waals surface area contributed by atoms with E-state index in [9.17, 15) is 0 Å². The number of nitrogens with one attached hydrogen (secondary N) is 2. The van der Waals surface area contributed by atoms with Crippen molar-refractivity contribution in [2.45, 2.75) is 58.1 Å². The van der Waals surface area contributed by atoms with Gasteiger partial charge in [-0.2, -0.15) is 0 Å². The highest BCUT2D eigenvalue weighted by atomic mass is 16.5. The minimum atomic E-state index is 0.353. The summed E-state index contributed by atoms with van der Waals surface area (Å²) in [7, 11) is 1.80. The van der Waals surface area contributed by atoms with Crippen molar-refractivity contribution in [3.05, 3.63) is 59.5 Å². The summed E-state index contributed by atoms with van der Waals surface area (Å²) in [6, 6.07) is 12.4. The third kappa shape index (κ3) is 5.54. The topological polar surface area (TPSA) is 75.8 Å². The molecule has 1 aliphatic carbocycles. The van der Waals surface area contributed by atoms with Gasteiger partial charge in [-0.25, -0.2) is 0 Å². The fourth-order valence-corrected chi connectivity index (χ4v) is 4.02. The van der Waals surface area contributed by atoms with Crippen LogP contribution in [0.15, 0.2) is 47.6 Å². The van der Waals surface area contributed by atoms with Gasteiger partial charge in [-0.05, 0) is 62.8 Å². The Morgan fingerprint density at radius 2 is 2.03 bits per heavy atom. The van der Waals surface area contributed by atoms with Crippen LogP contribution in [0.5, 0.6) is 5.75 Å². The smallest absolute Gasteiger partial charge is 0.191 e. The van der Waals surface area contributed by atoms with Crippen LogP contribution in [-0.4, -0.2) is 40.3 Å². The lowest BCUT2D eigenvalue weighted by Gasteiger charge is -2.18. The van der Waals surface area contributed by atoms with Gasteiger partial charge in [0.05, 0.1) is 6.10 Å². The maximum absolute atomic E-state index is 6.31. The van der Waals surface area contributed by atoms with Gasteiger partial charge in [0.15, 0.2) is 11.6 Å². The van der Waals surface area contributed by atoms with E-state index in [1.807, 2.05) is 28.8 Å². The van der Waals surface area contributed by atoms with Gasteiger partial charge in [-0.15, -0.1) is 10.2 Å². The average molecular weight is 421 g/mol. The van der Waals surface area contributed by atoms with Gasteiger partial charge in [0.2, 0.25) is 0 Å². The minimum Gasteiger partial charge on any atom is -0.490 e. The number of pyridine rings is 1. The third-order valence-electron chi connectivity index (χ3n) is 5.74. The van der Waals surface area contributed by atoms with Crippen molar-refractivity contribution in [2.75, 3.05) is 13.6 Å². The van der Waals surface area contributed by atoms with E-state index in [1.165, 1.54) is 18.4 Å².